The van der Waals surface area contributed by atoms with Crippen molar-refractivity contribution in [1.82, 2.24) is 15.0 Å². The van der Waals surface area contributed by atoms with Crippen LogP contribution in [-0.2, 0) is 4.74 Å². The maximum Gasteiger partial charge on any atom is 0.232 e. The lowest BCUT2D eigenvalue weighted by Crippen LogP contribution is -2.30. The lowest BCUT2D eigenvalue weighted by molar-refractivity contribution is 0.153. The largest absolute Gasteiger partial charge is 0.380 e. The molecule has 0 aliphatic heterocycles. The van der Waals surface area contributed by atoms with Crippen LogP contribution in [0.3, 0.4) is 0 Å². The molecule has 1 aromatic heterocycles. The molecule has 0 aliphatic rings. The number of aromatic nitrogens is 3. The van der Waals surface area contributed by atoms with E-state index in [-0.39, 0.29) is 0 Å². The van der Waals surface area contributed by atoms with Gasteiger partial charge in [0.05, 0.1) is 6.61 Å². The molecule has 1 rings (SSSR count). The molecule has 7 heteroatoms. The summed E-state index contributed by atoms with van der Waals surface area (Å²) in [4.78, 5) is 17.4. The van der Waals surface area contributed by atoms with Gasteiger partial charge in [0, 0.05) is 40.3 Å². The molecule has 1 N–H and O–H groups in total. The zero-order chi connectivity index (χ0) is 15.7. The fourth-order valence-corrected chi connectivity index (χ4v) is 1.73. The number of ether oxygens (including phenoxy) is 1. The highest BCUT2D eigenvalue weighted by molar-refractivity contribution is 5.44. The van der Waals surface area contributed by atoms with E-state index in [0.29, 0.717) is 24.5 Å². The van der Waals surface area contributed by atoms with Crippen molar-refractivity contribution in [2.75, 3.05) is 62.1 Å². The zero-order valence-electron chi connectivity index (χ0n) is 13.9. The summed E-state index contributed by atoms with van der Waals surface area (Å²) in [6, 6.07) is 0. The maximum absolute atomic E-state index is 5.42. The summed E-state index contributed by atoms with van der Waals surface area (Å²) >= 11 is 0. The van der Waals surface area contributed by atoms with Gasteiger partial charge in [-0.25, -0.2) is 0 Å². The van der Waals surface area contributed by atoms with E-state index in [1.165, 1.54) is 0 Å². The lowest BCUT2D eigenvalue weighted by atomic mass is 10.5. The van der Waals surface area contributed by atoms with Crippen LogP contribution in [0.1, 0.15) is 27.2 Å². The van der Waals surface area contributed by atoms with Gasteiger partial charge in [0.2, 0.25) is 17.8 Å². The molecule has 0 radical (unpaired) electrons. The molecule has 0 amide bonds. The Morgan fingerprint density at radius 1 is 1.05 bits per heavy atom. The molecule has 7 nitrogen and oxygen atoms in total. The SMILES string of the molecule is CCCNc1nc(N(C)C)nc(N(CC)CCOCC)n1. The van der Waals surface area contributed by atoms with Gasteiger partial charge in [-0.3, -0.25) is 0 Å². The van der Waals surface area contributed by atoms with Crippen LogP contribution in [-0.4, -0.2) is 61.9 Å². The molecule has 0 saturated heterocycles. The number of rotatable bonds is 10. The number of hydrogen-bond acceptors (Lipinski definition) is 7. The number of nitrogens with one attached hydrogen (secondary N) is 1. The zero-order valence-corrected chi connectivity index (χ0v) is 13.9. The molecule has 0 saturated carbocycles. The average molecular weight is 296 g/mol. The van der Waals surface area contributed by atoms with Gasteiger partial charge in [-0.05, 0) is 20.3 Å². The Bertz CT molecular complexity index is 412. The Morgan fingerprint density at radius 3 is 2.33 bits per heavy atom. The Balaban J connectivity index is 2.93. The van der Waals surface area contributed by atoms with Crippen LogP contribution in [0, 0.1) is 0 Å². The van der Waals surface area contributed by atoms with E-state index in [9.17, 15) is 0 Å². The van der Waals surface area contributed by atoms with Gasteiger partial charge in [0.15, 0.2) is 0 Å². The number of hydrogen-bond donors (Lipinski definition) is 1. The van der Waals surface area contributed by atoms with E-state index < -0.39 is 0 Å². The van der Waals surface area contributed by atoms with E-state index in [2.05, 4.69) is 39.0 Å². The minimum absolute atomic E-state index is 0.625. The number of nitrogens with zero attached hydrogens (tertiary/aromatic N) is 5. The smallest absolute Gasteiger partial charge is 0.232 e. The summed E-state index contributed by atoms with van der Waals surface area (Å²) in [5.41, 5.74) is 0. The van der Waals surface area contributed by atoms with Crippen LogP contribution in [0.2, 0.25) is 0 Å². The Hall–Kier alpha value is -1.63. The van der Waals surface area contributed by atoms with Crippen molar-refractivity contribution in [1.29, 1.82) is 0 Å². The first-order chi connectivity index (χ1) is 10.1. The summed E-state index contributed by atoms with van der Waals surface area (Å²) in [6.07, 6.45) is 1.03. The van der Waals surface area contributed by atoms with Gasteiger partial charge >= 0.3 is 0 Å². The van der Waals surface area contributed by atoms with E-state index in [4.69, 9.17) is 4.74 Å². The van der Waals surface area contributed by atoms with E-state index >= 15 is 0 Å². The fourth-order valence-electron chi connectivity index (χ4n) is 1.73. The fraction of sp³-hybridized carbons (Fsp3) is 0.786. The molecule has 0 bridgehead atoms. The second-order valence-corrected chi connectivity index (χ2v) is 4.86. The van der Waals surface area contributed by atoms with Crippen LogP contribution >= 0.6 is 0 Å². The number of likely N-dealkylation sites (N-methyl/N-ethyl adjacent to an activating group) is 1. The minimum Gasteiger partial charge on any atom is -0.380 e. The van der Waals surface area contributed by atoms with Crippen molar-refractivity contribution in [2.24, 2.45) is 0 Å². The second-order valence-electron chi connectivity index (χ2n) is 4.86. The van der Waals surface area contributed by atoms with Crippen molar-refractivity contribution < 1.29 is 4.74 Å². The van der Waals surface area contributed by atoms with Crippen molar-refractivity contribution >= 4 is 17.8 Å². The first-order valence-corrected chi connectivity index (χ1v) is 7.62. The molecule has 0 aliphatic carbocycles. The van der Waals surface area contributed by atoms with Gasteiger partial charge in [0.25, 0.3) is 0 Å². The third-order valence-electron chi connectivity index (χ3n) is 2.92. The second kappa shape index (κ2) is 9.33. The molecule has 1 aromatic rings. The Labute approximate surface area is 127 Å². The standard InChI is InChI=1S/C14H28N6O/c1-6-9-15-12-16-13(19(4)5)18-14(17-12)20(7-2)10-11-21-8-3/h6-11H2,1-5H3,(H,15,16,17,18). The molecule has 0 fully saturated rings. The number of anilines is 3. The van der Waals surface area contributed by atoms with Crippen LogP contribution in [0.5, 0.6) is 0 Å². The summed E-state index contributed by atoms with van der Waals surface area (Å²) in [5.74, 6) is 1.98. The van der Waals surface area contributed by atoms with Gasteiger partial charge in [-0.2, -0.15) is 15.0 Å². The predicted octanol–water partition coefficient (Wildman–Crippen LogP) is 1.62. The van der Waals surface area contributed by atoms with Crippen molar-refractivity contribution in [3.63, 3.8) is 0 Å². The molecule has 21 heavy (non-hydrogen) atoms. The van der Waals surface area contributed by atoms with Gasteiger partial charge in [0.1, 0.15) is 0 Å². The van der Waals surface area contributed by atoms with Gasteiger partial charge in [-0.15, -0.1) is 0 Å². The van der Waals surface area contributed by atoms with Crippen molar-refractivity contribution in [3.8, 4) is 0 Å². The van der Waals surface area contributed by atoms with Crippen LogP contribution in [0.25, 0.3) is 0 Å². The summed E-state index contributed by atoms with van der Waals surface area (Å²) in [5, 5.41) is 3.23. The first kappa shape index (κ1) is 17.4. The minimum atomic E-state index is 0.625. The monoisotopic (exact) mass is 296 g/mol. The van der Waals surface area contributed by atoms with Gasteiger partial charge < -0.3 is 19.9 Å². The first-order valence-electron chi connectivity index (χ1n) is 7.62. The van der Waals surface area contributed by atoms with Crippen LogP contribution < -0.4 is 15.1 Å². The molecule has 0 unspecified atom stereocenters. The Morgan fingerprint density at radius 2 is 1.76 bits per heavy atom. The molecule has 1 heterocycles. The van der Waals surface area contributed by atoms with E-state index in [1.54, 1.807) is 0 Å². The Kier molecular flexibility index (Phi) is 7.74. The van der Waals surface area contributed by atoms with Crippen LogP contribution in [0.4, 0.5) is 17.8 Å². The lowest BCUT2D eigenvalue weighted by Gasteiger charge is -2.22. The highest BCUT2D eigenvalue weighted by Gasteiger charge is 2.13. The van der Waals surface area contributed by atoms with Crippen LogP contribution in [0.15, 0.2) is 0 Å². The summed E-state index contributed by atoms with van der Waals surface area (Å²) in [6.45, 7) is 10.0. The molecule has 0 atom stereocenters. The summed E-state index contributed by atoms with van der Waals surface area (Å²) in [7, 11) is 3.86. The predicted molar refractivity (Wildman–Crippen MR) is 87.3 cm³/mol. The van der Waals surface area contributed by atoms with E-state index in [1.807, 2.05) is 25.9 Å². The molecule has 0 spiro atoms. The molecule has 0 aromatic carbocycles. The highest BCUT2D eigenvalue weighted by atomic mass is 16.5. The highest BCUT2D eigenvalue weighted by Crippen LogP contribution is 2.15. The quantitative estimate of drug-likeness (QED) is 0.658. The topological polar surface area (TPSA) is 66.4 Å². The third kappa shape index (κ3) is 5.71. The summed E-state index contributed by atoms with van der Waals surface area (Å²) < 4.78 is 5.42. The van der Waals surface area contributed by atoms with E-state index in [0.717, 1.165) is 32.7 Å². The maximum atomic E-state index is 5.42. The van der Waals surface area contributed by atoms with Gasteiger partial charge in [-0.1, -0.05) is 6.92 Å². The average Bonchev–Trinajstić information content (AvgIpc) is 2.49. The third-order valence-corrected chi connectivity index (χ3v) is 2.92. The molecule has 120 valence electrons. The molecular weight excluding hydrogens is 268 g/mol. The van der Waals surface area contributed by atoms with Crippen molar-refractivity contribution in [2.45, 2.75) is 27.2 Å². The normalized spacial score (nSPS) is 10.5. The molecular formula is C14H28N6O. The van der Waals surface area contributed by atoms with Crippen molar-refractivity contribution in [3.05, 3.63) is 0 Å².